The Hall–Kier alpha value is -2.54. The smallest absolute Gasteiger partial charge is 0.145 e. The predicted octanol–water partition coefficient (Wildman–Crippen LogP) is 3.38. The fraction of sp³-hybridized carbons (Fsp3) is 0.188. The van der Waals surface area contributed by atoms with Crippen LogP contribution in [0.25, 0.3) is 0 Å². The van der Waals surface area contributed by atoms with Gasteiger partial charge in [-0.2, -0.15) is 5.26 Å². The van der Waals surface area contributed by atoms with Crippen LogP contribution < -0.4 is 10.2 Å². The summed E-state index contributed by atoms with van der Waals surface area (Å²) in [4.78, 5) is 2.00. The zero-order valence-corrected chi connectivity index (χ0v) is 11.5. The topological polar surface area (TPSA) is 39.1 Å². The minimum atomic E-state index is -0.453. The molecule has 0 aliphatic carbocycles. The first-order chi connectivity index (χ1) is 9.61. The van der Waals surface area contributed by atoms with Crippen molar-refractivity contribution in [3.63, 3.8) is 0 Å². The third-order valence-corrected chi connectivity index (χ3v) is 3.04. The van der Waals surface area contributed by atoms with Crippen LogP contribution in [0.3, 0.4) is 0 Å². The molecule has 0 bridgehead atoms. The number of nitriles is 1. The van der Waals surface area contributed by atoms with E-state index < -0.39 is 5.82 Å². The Morgan fingerprint density at radius 3 is 2.65 bits per heavy atom. The third kappa shape index (κ3) is 3.07. The molecule has 20 heavy (non-hydrogen) atoms. The van der Waals surface area contributed by atoms with E-state index in [2.05, 4.69) is 5.32 Å². The average molecular weight is 269 g/mol. The molecule has 0 atom stereocenters. The summed E-state index contributed by atoms with van der Waals surface area (Å²) in [6, 6.07) is 14.6. The van der Waals surface area contributed by atoms with Crippen LogP contribution in [0.4, 0.5) is 15.8 Å². The lowest BCUT2D eigenvalue weighted by Crippen LogP contribution is -2.09. The molecular formula is C16H16FN3. The number of benzene rings is 2. The Morgan fingerprint density at radius 1 is 1.20 bits per heavy atom. The monoisotopic (exact) mass is 269 g/mol. The van der Waals surface area contributed by atoms with Gasteiger partial charge in [0, 0.05) is 37.6 Å². The summed E-state index contributed by atoms with van der Waals surface area (Å²) in [6.45, 7) is 0.345. The number of rotatable bonds is 4. The number of nitrogens with zero attached hydrogens (tertiary/aromatic N) is 2. The molecule has 0 unspecified atom stereocenters. The first-order valence-corrected chi connectivity index (χ1v) is 6.30. The van der Waals surface area contributed by atoms with E-state index in [1.54, 1.807) is 12.1 Å². The van der Waals surface area contributed by atoms with E-state index in [1.165, 1.54) is 6.07 Å². The van der Waals surface area contributed by atoms with E-state index in [0.29, 0.717) is 12.1 Å². The van der Waals surface area contributed by atoms with Crippen LogP contribution >= 0.6 is 0 Å². The molecule has 2 aromatic carbocycles. The maximum absolute atomic E-state index is 13.9. The Kier molecular flexibility index (Phi) is 4.21. The summed E-state index contributed by atoms with van der Waals surface area (Å²) >= 11 is 0. The Balaban J connectivity index is 2.13. The van der Waals surface area contributed by atoms with Crippen molar-refractivity contribution in [2.75, 3.05) is 24.3 Å². The van der Waals surface area contributed by atoms with Gasteiger partial charge in [-0.05, 0) is 24.3 Å². The van der Waals surface area contributed by atoms with E-state index in [1.807, 2.05) is 49.3 Å². The summed E-state index contributed by atoms with van der Waals surface area (Å²) in [5.41, 5.74) is 2.55. The molecule has 0 amide bonds. The summed E-state index contributed by atoms with van der Waals surface area (Å²) in [5.74, 6) is -0.453. The van der Waals surface area contributed by atoms with Gasteiger partial charge < -0.3 is 10.2 Å². The van der Waals surface area contributed by atoms with Crippen molar-refractivity contribution in [3.8, 4) is 6.07 Å². The summed E-state index contributed by atoms with van der Waals surface area (Å²) in [5, 5.41) is 12.0. The van der Waals surface area contributed by atoms with Crippen molar-refractivity contribution in [3.05, 3.63) is 59.4 Å². The van der Waals surface area contributed by atoms with Crippen LogP contribution in [0, 0.1) is 17.1 Å². The van der Waals surface area contributed by atoms with Gasteiger partial charge in [0.1, 0.15) is 11.9 Å². The molecule has 4 heteroatoms. The number of anilines is 2. The fourth-order valence-electron chi connectivity index (χ4n) is 1.89. The first-order valence-electron chi connectivity index (χ1n) is 6.30. The standard InChI is InChI=1S/C16H16FN3/c1-20(2)15-8-4-7-14(9-15)19-11-13-6-3-5-12(10-18)16(13)17/h3-9,19H,11H2,1-2H3. The maximum atomic E-state index is 13.9. The molecular weight excluding hydrogens is 253 g/mol. The molecule has 0 saturated heterocycles. The minimum Gasteiger partial charge on any atom is -0.381 e. The molecule has 1 N–H and O–H groups in total. The molecule has 0 aromatic heterocycles. The Bertz CT molecular complexity index is 644. The molecule has 0 aliphatic rings. The van der Waals surface area contributed by atoms with Crippen LogP contribution in [-0.4, -0.2) is 14.1 Å². The predicted molar refractivity (Wildman–Crippen MR) is 79.2 cm³/mol. The molecule has 3 nitrogen and oxygen atoms in total. The Labute approximate surface area is 118 Å². The summed E-state index contributed by atoms with van der Waals surface area (Å²) in [7, 11) is 3.93. The molecule has 102 valence electrons. The van der Waals surface area contributed by atoms with E-state index in [0.717, 1.165) is 11.4 Å². The largest absolute Gasteiger partial charge is 0.381 e. The lowest BCUT2D eigenvalue weighted by molar-refractivity contribution is 0.609. The van der Waals surface area contributed by atoms with Gasteiger partial charge >= 0.3 is 0 Å². The molecule has 0 saturated carbocycles. The second-order valence-corrected chi connectivity index (χ2v) is 4.69. The second kappa shape index (κ2) is 6.07. The van der Waals surface area contributed by atoms with Crippen molar-refractivity contribution >= 4 is 11.4 Å². The Morgan fingerprint density at radius 2 is 1.95 bits per heavy atom. The number of nitrogens with one attached hydrogen (secondary N) is 1. The number of hydrogen-bond donors (Lipinski definition) is 1. The van der Waals surface area contributed by atoms with E-state index in [-0.39, 0.29) is 5.56 Å². The van der Waals surface area contributed by atoms with Crippen LogP contribution in [-0.2, 0) is 6.54 Å². The highest BCUT2D eigenvalue weighted by Crippen LogP contribution is 2.19. The number of hydrogen-bond acceptors (Lipinski definition) is 3. The zero-order chi connectivity index (χ0) is 14.5. The molecule has 2 aromatic rings. The normalized spacial score (nSPS) is 9.90. The van der Waals surface area contributed by atoms with Crippen LogP contribution in [0.15, 0.2) is 42.5 Å². The average Bonchev–Trinajstić information content (AvgIpc) is 2.46. The van der Waals surface area contributed by atoms with Gasteiger partial charge in [-0.1, -0.05) is 18.2 Å². The highest BCUT2D eigenvalue weighted by molar-refractivity contribution is 5.57. The molecule has 0 heterocycles. The van der Waals surface area contributed by atoms with Gasteiger partial charge in [-0.25, -0.2) is 4.39 Å². The highest BCUT2D eigenvalue weighted by Gasteiger charge is 2.07. The SMILES string of the molecule is CN(C)c1cccc(NCc2cccc(C#N)c2F)c1. The molecule has 2 rings (SSSR count). The van der Waals surface area contributed by atoms with Crippen molar-refractivity contribution < 1.29 is 4.39 Å². The van der Waals surface area contributed by atoms with Gasteiger partial charge in [0.15, 0.2) is 0 Å². The lowest BCUT2D eigenvalue weighted by atomic mass is 10.1. The van der Waals surface area contributed by atoms with Crippen LogP contribution in [0.5, 0.6) is 0 Å². The van der Waals surface area contributed by atoms with E-state index >= 15 is 0 Å². The molecule has 0 radical (unpaired) electrons. The van der Waals surface area contributed by atoms with Gasteiger partial charge in [0.05, 0.1) is 5.56 Å². The van der Waals surface area contributed by atoms with Gasteiger partial charge in [-0.3, -0.25) is 0 Å². The number of halogens is 1. The van der Waals surface area contributed by atoms with Crippen LogP contribution in [0.1, 0.15) is 11.1 Å². The van der Waals surface area contributed by atoms with E-state index in [9.17, 15) is 4.39 Å². The third-order valence-electron chi connectivity index (χ3n) is 3.04. The zero-order valence-electron chi connectivity index (χ0n) is 11.5. The van der Waals surface area contributed by atoms with Gasteiger partial charge in [0.25, 0.3) is 0 Å². The van der Waals surface area contributed by atoms with Crippen molar-refractivity contribution in [1.82, 2.24) is 0 Å². The summed E-state index contributed by atoms with van der Waals surface area (Å²) in [6.07, 6.45) is 0. The van der Waals surface area contributed by atoms with Crippen molar-refractivity contribution in [2.45, 2.75) is 6.54 Å². The minimum absolute atomic E-state index is 0.0753. The fourth-order valence-corrected chi connectivity index (χ4v) is 1.89. The van der Waals surface area contributed by atoms with Crippen molar-refractivity contribution in [1.29, 1.82) is 5.26 Å². The van der Waals surface area contributed by atoms with Crippen molar-refractivity contribution in [2.24, 2.45) is 0 Å². The lowest BCUT2D eigenvalue weighted by Gasteiger charge is -2.14. The quantitative estimate of drug-likeness (QED) is 0.924. The molecule has 0 aliphatic heterocycles. The van der Waals surface area contributed by atoms with Gasteiger partial charge in [0.2, 0.25) is 0 Å². The first kappa shape index (κ1) is 13.9. The second-order valence-electron chi connectivity index (χ2n) is 4.69. The van der Waals surface area contributed by atoms with E-state index in [4.69, 9.17) is 5.26 Å². The highest BCUT2D eigenvalue weighted by atomic mass is 19.1. The van der Waals surface area contributed by atoms with Gasteiger partial charge in [-0.15, -0.1) is 0 Å². The molecule has 0 spiro atoms. The maximum Gasteiger partial charge on any atom is 0.145 e. The molecule has 0 fully saturated rings. The summed E-state index contributed by atoms with van der Waals surface area (Å²) < 4.78 is 13.9. The van der Waals surface area contributed by atoms with Crippen LogP contribution in [0.2, 0.25) is 0 Å².